The van der Waals surface area contributed by atoms with Gasteiger partial charge in [-0.3, -0.25) is 19.3 Å². The van der Waals surface area contributed by atoms with Crippen molar-refractivity contribution < 1.29 is 32.6 Å². The largest absolute Gasteiger partial charge is 0.493 e. The lowest BCUT2D eigenvalue weighted by atomic mass is 9.98. The van der Waals surface area contributed by atoms with Gasteiger partial charge >= 0.3 is 6.61 Å². The van der Waals surface area contributed by atoms with Crippen LogP contribution in [0.15, 0.2) is 42.5 Å². The van der Waals surface area contributed by atoms with Gasteiger partial charge in [0.1, 0.15) is 6.54 Å². The second-order valence-corrected chi connectivity index (χ2v) is 6.58. The lowest BCUT2D eigenvalue weighted by Crippen LogP contribution is -2.47. The van der Waals surface area contributed by atoms with Gasteiger partial charge in [-0.25, -0.2) is 0 Å². The summed E-state index contributed by atoms with van der Waals surface area (Å²) < 4.78 is 34.2. The van der Waals surface area contributed by atoms with Gasteiger partial charge in [-0.15, -0.1) is 0 Å². The number of hydrogen-bond donors (Lipinski definition) is 1. The van der Waals surface area contributed by atoms with Crippen LogP contribution < -0.4 is 14.8 Å². The van der Waals surface area contributed by atoms with Crippen LogP contribution in [-0.2, 0) is 22.4 Å². The van der Waals surface area contributed by atoms with E-state index in [1.807, 2.05) is 0 Å². The summed E-state index contributed by atoms with van der Waals surface area (Å²) in [6.45, 7) is -3.10. The Kier molecular flexibility index (Phi) is 6.61. The molecule has 9 heteroatoms. The number of methoxy groups -OCH3 is 1. The van der Waals surface area contributed by atoms with E-state index in [9.17, 15) is 23.2 Å². The second-order valence-electron chi connectivity index (χ2n) is 6.58. The summed E-state index contributed by atoms with van der Waals surface area (Å²) in [6, 6.07) is 11.3. The molecule has 30 heavy (non-hydrogen) atoms. The zero-order valence-corrected chi connectivity index (χ0v) is 16.2. The maximum atomic E-state index is 12.5. The molecule has 0 atom stereocenters. The average Bonchev–Trinajstić information content (AvgIpc) is 2.71. The van der Waals surface area contributed by atoms with Gasteiger partial charge in [0, 0.05) is 12.1 Å². The highest BCUT2D eigenvalue weighted by Crippen LogP contribution is 2.29. The van der Waals surface area contributed by atoms with Crippen molar-refractivity contribution in [3.63, 3.8) is 0 Å². The van der Waals surface area contributed by atoms with Gasteiger partial charge < -0.3 is 14.8 Å². The number of benzene rings is 2. The minimum Gasteiger partial charge on any atom is -0.493 e. The number of carbonyl (C=O) groups excluding carboxylic acids is 3. The van der Waals surface area contributed by atoms with Crippen LogP contribution in [-0.4, -0.2) is 49.4 Å². The predicted molar refractivity (Wildman–Crippen MR) is 103 cm³/mol. The Morgan fingerprint density at radius 2 is 1.93 bits per heavy atom. The lowest BCUT2D eigenvalue weighted by Gasteiger charge is -2.26. The third-order valence-corrected chi connectivity index (χ3v) is 4.62. The molecule has 1 N–H and O–H groups in total. The first kappa shape index (κ1) is 21.2. The van der Waals surface area contributed by atoms with Gasteiger partial charge in [-0.1, -0.05) is 24.3 Å². The Labute approximate surface area is 171 Å². The molecule has 0 aromatic heterocycles. The molecular formula is C21H20F2N2O5. The van der Waals surface area contributed by atoms with Crippen molar-refractivity contribution in [3.8, 4) is 11.5 Å². The van der Waals surface area contributed by atoms with E-state index < -0.39 is 24.3 Å². The number of rotatable bonds is 8. The summed E-state index contributed by atoms with van der Waals surface area (Å²) in [5.41, 5.74) is 1.80. The maximum Gasteiger partial charge on any atom is 0.387 e. The van der Waals surface area contributed by atoms with E-state index in [-0.39, 0.29) is 31.0 Å². The summed E-state index contributed by atoms with van der Waals surface area (Å²) >= 11 is 0. The Bertz CT molecular complexity index is 964. The molecule has 2 aromatic carbocycles. The van der Waals surface area contributed by atoms with Gasteiger partial charge in [0.25, 0.3) is 5.91 Å². The molecular weight excluding hydrogens is 398 g/mol. The van der Waals surface area contributed by atoms with Crippen molar-refractivity contribution in [3.05, 3.63) is 59.2 Å². The SMILES string of the molecule is COc1cc(CCNC(=O)CN2C(=O)Cc3ccccc3C2=O)ccc1OC(F)F. The molecule has 0 spiro atoms. The van der Waals surface area contributed by atoms with Crippen LogP contribution in [0.5, 0.6) is 11.5 Å². The summed E-state index contributed by atoms with van der Waals surface area (Å²) in [5, 5.41) is 2.65. The topological polar surface area (TPSA) is 84.9 Å². The number of halogens is 2. The fourth-order valence-corrected chi connectivity index (χ4v) is 3.17. The molecule has 1 aliphatic heterocycles. The van der Waals surface area contributed by atoms with Crippen molar-refractivity contribution >= 4 is 17.7 Å². The van der Waals surface area contributed by atoms with Gasteiger partial charge in [-0.05, 0) is 35.7 Å². The molecule has 0 saturated heterocycles. The standard InChI is InChI=1S/C21H20F2N2O5/c1-29-17-10-13(6-7-16(17)30-21(22)23)8-9-24-18(26)12-25-19(27)11-14-4-2-3-5-15(14)20(25)28/h2-7,10,21H,8-9,11-12H2,1H3,(H,24,26). The summed E-state index contributed by atoms with van der Waals surface area (Å²) in [4.78, 5) is 37.9. The van der Waals surface area contributed by atoms with E-state index in [0.29, 0.717) is 17.5 Å². The highest BCUT2D eigenvalue weighted by atomic mass is 19.3. The molecule has 0 bridgehead atoms. The van der Waals surface area contributed by atoms with Gasteiger partial charge in [0.15, 0.2) is 11.5 Å². The Morgan fingerprint density at radius 1 is 1.17 bits per heavy atom. The normalized spacial score (nSPS) is 13.3. The zero-order chi connectivity index (χ0) is 21.7. The first-order chi connectivity index (χ1) is 14.4. The molecule has 7 nitrogen and oxygen atoms in total. The van der Waals surface area contributed by atoms with Crippen LogP contribution in [0.2, 0.25) is 0 Å². The van der Waals surface area contributed by atoms with Crippen LogP contribution in [0.3, 0.4) is 0 Å². The van der Waals surface area contributed by atoms with Crippen LogP contribution in [0.1, 0.15) is 21.5 Å². The van der Waals surface area contributed by atoms with Crippen molar-refractivity contribution in [2.24, 2.45) is 0 Å². The highest BCUT2D eigenvalue weighted by molar-refractivity contribution is 6.11. The smallest absolute Gasteiger partial charge is 0.387 e. The summed E-state index contributed by atoms with van der Waals surface area (Å²) in [7, 11) is 1.34. The van der Waals surface area contributed by atoms with E-state index in [2.05, 4.69) is 10.1 Å². The van der Waals surface area contributed by atoms with E-state index in [4.69, 9.17) is 4.74 Å². The third kappa shape index (κ3) is 4.91. The van der Waals surface area contributed by atoms with E-state index in [0.717, 1.165) is 10.5 Å². The number of imide groups is 1. The fraction of sp³-hybridized carbons (Fsp3) is 0.286. The first-order valence-corrected chi connectivity index (χ1v) is 9.20. The number of carbonyl (C=O) groups is 3. The minimum absolute atomic E-state index is 0.0715. The van der Waals surface area contributed by atoms with E-state index in [1.165, 1.54) is 13.2 Å². The van der Waals surface area contributed by atoms with Crippen LogP contribution in [0.4, 0.5) is 8.78 Å². The highest BCUT2D eigenvalue weighted by Gasteiger charge is 2.31. The quantitative estimate of drug-likeness (QED) is 0.665. The van der Waals surface area contributed by atoms with Crippen LogP contribution in [0.25, 0.3) is 0 Å². The zero-order valence-electron chi connectivity index (χ0n) is 16.2. The molecule has 1 heterocycles. The second kappa shape index (κ2) is 9.34. The third-order valence-electron chi connectivity index (χ3n) is 4.62. The number of hydrogen-bond acceptors (Lipinski definition) is 5. The summed E-state index contributed by atoms with van der Waals surface area (Å²) in [6.07, 6.45) is 0.462. The monoisotopic (exact) mass is 418 g/mol. The minimum atomic E-state index is -2.96. The molecule has 0 saturated carbocycles. The van der Waals surface area contributed by atoms with Crippen molar-refractivity contribution in [1.82, 2.24) is 10.2 Å². The van der Waals surface area contributed by atoms with Crippen LogP contribution in [0, 0.1) is 0 Å². The molecule has 2 aromatic rings. The number of alkyl halides is 2. The first-order valence-electron chi connectivity index (χ1n) is 9.20. The number of amides is 3. The number of nitrogens with one attached hydrogen (secondary N) is 1. The predicted octanol–water partition coefficient (Wildman–Crippen LogP) is 2.18. The average molecular weight is 418 g/mol. The number of ether oxygens (including phenoxy) is 2. The Hall–Kier alpha value is -3.49. The number of fused-ring (bicyclic) bond motifs is 1. The molecule has 0 unspecified atom stereocenters. The van der Waals surface area contributed by atoms with Gasteiger partial charge in [0.05, 0.1) is 13.5 Å². The van der Waals surface area contributed by atoms with E-state index in [1.54, 1.807) is 36.4 Å². The van der Waals surface area contributed by atoms with Crippen molar-refractivity contribution in [1.29, 1.82) is 0 Å². The molecule has 0 aliphatic carbocycles. The molecule has 1 aliphatic rings. The molecule has 158 valence electrons. The molecule has 0 radical (unpaired) electrons. The molecule has 3 amide bonds. The maximum absolute atomic E-state index is 12.5. The Morgan fingerprint density at radius 3 is 2.67 bits per heavy atom. The fourth-order valence-electron chi connectivity index (χ4n) is 3.17. The lowest BCUT2D eigenvalue weighted by molar-refractivity contribution is -0.133. The van der Waals surface area contributed by atoms with E-state index >= 15 is 0 Å². The number of nitrogens with zero attached hydrogens (tertiary/aromatic N) is 1. The van der Waals surface area contributed by atoms with Crippen LogP contribution >= 0.6 is 0 Å². The molecule has 3 rings (SSSR count). The molecule has 0 fully saturated rings. The van der Waals surface area contributed by atoms with Gasteiger partial charge in [-0.2, -0.15) is 8.78 Å². The van der Waals surface area contributed by atoms with Gasteiger partial charge in [0.2, 0.25) is 11.8 Å². The van der Waals surface area contributed by atoms with Crippen molar-refractivity contribution in [2.75, 3.05) is 20.2 Å². The Balaban J connectivity index is 1.54. The summed E-state index contributed by atoms with van der Waals surface area (Å²) in [5.74, 6) is -1.31. The van der Waals surface area contributed by atoms with Crippen molar-refractivity contribution in [2.45, 2.75) is 19.5 Å².